The Kier molecular flexibility index (Phi) is 5.65. The summed E-state index contributed by atoms with van der Waals surface area (Å²) in [4.78, 5) is 12.4. The van der Waals surface area contributed by atoms with Crippen LogP contribution in [0.2, 0.25) is 0 Å². The summed E-state index contributed by atoms with van der Waals surface area (Å²) >= 11 is 0. The van der Waals surface area contributed by atoms with Crippen LogP contribution in [0, 0.1) is 25.5 Å². The highest BCUT2D eigenvalue weighted by Gasteiger charge is 2.17. The van der Waals surface area contributed by atoms with E-state index in [1.54, 1.807) is 26.0 Å². The van der Waals surface area contributed by atoms with E-state index in [9.17, 15) is 22.0 Å². The molecular weight excluding hydrogens is 398 g/mol. The summed E-state index contributed by atoms with van der Waals surface area (Å²) in [5, 5.41) is 2.45. The molecule has 3 aromatic carbocycles. The number of anilines is 2. The van der Waals surface area contributed by atoms with Gasteiger partial charge in [-0.25, -0.2) is 17.2 Å². The Hall–Kier alpha value is -3.26. The number of halogens is 2. The van der Waals surface area contributed by atoms with E-state index in [1.807, 2.05) is 6.07 Å². The number of hydrogen-bond donors (Lipinski definition) is 2. The summed E-state index contributed by atoms with van der Waals surface area (Å²) in [5.41, 5.74) is 2.05. The van der Waals surface area contributed by atoms with Gasteiger partial charge in [0.25, 0.3) is 15.9 Å². The Morgan fingerprint density at radius 3 is 2.14 bits per heavy atom. The van der Waals surface area contributed by atoms with Crippen molar-refractivity contribution < 1.29 is 22.0 Å². The molecule has 0 spiro atoms. The first kappa shape index (κ1) is 20.5. The molecular formula is C21H18F2N2O3S. The molecule has 2 N–H and O–H groups in total. The van der Waals surface area contributed by atoms with Crippen molar-refractivity contribution in [3.8, 4) is 0 Å². The second-order valence-electron chi connectivity index (χ2n) is 6.53. The third kappa shape index (κ3) is 4.78. The molecule has 0 saturated carbocycles. The van der Waals surface area contributed by atoms with Crippen LogP contribution < -0.4 is 10.0 Å². The van der Waals surface area contributed by atoms with E-state index < -0.39 is 27.6 Å². The van der Waals surface area contributed by atoms with Crippen LogP contribution in [-0.4, -0.2) is 14.3 Å². The zero-order valence-corrected chi connectivity index (χ0v) is 16.5. The molecule has 0 bridgehead atoms. The van der Waals surface area contributed by atoms with Crippen molar-refractivity contribution in [2.75, 3.05) is 10.0 Å². The molecule has 8 heteroatoms. The molecule has 0 atom stereocenters. The van der Waals surface area contributed by atoms with Gasteiger partial charge in [-0.3, -0.25) is 9.52 Å². The quantitative estimate of drug-likeness (QED) is 0.637. The van der Waals surface area contributed by atoms with E-state index in [0.717, 1.165) is 17.7 Å². The van der Waals surface area contributed by atoms with Crippen LogP contribution in [0.4, 0.5) is 20.2 Å². The lowest BCUT2D eigenvalue weighted by Gasteiger charge is -2.12. The van der Waals surface area contributed by atoms with E-state index in [2.05, 4.69) is 10.0 Å². The molecule has 0 aliphatic rings. The fraction of sp³-hybridized carbons (Fsp3) is 0.0952. The van der Waals surface area contributed by atoms with Crippen molar-refractivity contribution in [3.05, 3.63) is 89.0 Å². The fourth-order valence-corrected chi connectivity index (χ4v) is 4.06. The number of aryl methyl sites for hydroxylation is 2. The molecule has 0 fully saturated rings. The van der Waals surface area contributed by atoms with Crippen LogP contribution in [0.1, 0.15) is 21.5 Å². The van der Waals surface area contributed by atoms with Gasteiger partial charge in [0.1, 0.15) is 0 Å². The molecule has 0 heterocycles. The average molecular weight is 416 g/mol. The Balaban J connectivity index is 1.75. The first-order chi connectivity index (χ1) is 13.7. The Bertz CT molecular complexity index is 1180. The minimum atomic E-state index is -3.78. The second kappa shape index (κ2) is 8.00. The fourth-order valence-electron chi connectivity index (χ4n) is 2.67. The molecule has 150 valence electrons. The first-order valence-electron chi connectivity index (χ1n) is 8.62. The molecule has 3 rings (SSSR count). The van der Waals surface area contributed by atoms with Crippen molar-refractivity contribution in [2.45, 2.75) is 18.7 Å². The van der Waals surface area contributed by atoms with Crippen molar-refractivity contribution in [1.29, 1.82) is 0 Å². The minimum absolute atomic E-state index is 0.105. The number of rotatable bonds is 5. The standard InChI is InChI=1S/C21H18F2N2O3S/c1-13-3-4-14(2)20(11-13)29(27,28)25-16-7-5-15(6-8-16)21(26)24-17-9-10-18(22)19(23)12-17/h3-12,25H,1-2H3,(H,24,26). The lowest BCUT2D eigenvalue weighted by atomic mass is 10.2. The number of benzene rings is 3. The van der Waals surface area contributed by atoms with Gasteiger partial charge in [-0.2, -0.15) is 0 Å². The van der Waals surface area contributed by atoms with Crippen LogP contribution >= 0.6 is 0 Å². The largest absolute Gasteiger partial charge is 0.322 e. The van der Waals surface area contributed by atoms with Gasteiger partial charge in [0.15, 0.2) is 11.6 Å². The molecule has 5 nitrogen and oxygen atoms in total. The third-order valence-electron chi connectivity index (χ3n) is 4.21. The zero-order chi connectivity index (χ0) is 21.2. The number of sulfonamides is 1. The van der Waals surface area contributed by atoms with Gasteiger partial charge in [-0.15, -0.1) is 0 Å². The van der Waals surface area contributed by atoms with E-state index >= 15 is 0 Å². The van der Waals surface area contributed by atoms with Crippen molar-refractivity contribution in [2.24, 2.45) is 0 Å². The van der Waals surface area contributed by atoms with Crippen molar-refractivity contribution in [1.82, 2.24) is 0 Å². The molecule has 0 saturated heterocycles. The van der Waals surface area contributed by atoms with Gasteiger partial charge in [-0.05, 0) is 67.4 Å². The summed E-state index contributed by atoms with van der Waals surface area (Å²) < 4.78 is 54.0. The number of nitrogens with one attached hydrogen (secondary N) is 2. The van der Waals surface area contributed by atoms with E-state index in [1.165, 1.54) is 30.3 Å². The van der Waals surface area contributed by atoms with E-state index in [-0.39, 0.29) is 21.8 Å². The normalized spacial score (nSPS) is 11.2. The number of carbonyl (C=O) groups is 1. The Morgan fingerprint density at radius 2 is 1.48 bits per heavy atom. The van der Waals surface area contributed by atoms with Crippen LogP contribution in [0.25, 0.3) is 0 Å². The molecule has 29 heavy (non-hydrogen) atoms. The number of amides is 1. The zero-order valence-electron chi connectivity index (χ0n) is 15.7. The predicted molar refractivity (Wildman–Crippen MR) is 107 cm³/mol. The first-order valence-corrected chi connectivity index (χ1v) is 10.1. The molecule has 0 radical (unpaired) electrons. The lowest BCUT2D eigenvalue weighted by molar-refractivity contribution is 0.102. The smallest absolute Gasteiger partial charge is 0.262 e. The Labute approximate surface area is 167 Å². The number of carbonyl (C=O) groups excluding carboxylic acids is 1. The van der Waals surface area contributed by atoms with E-state index in [4.69, 9.17) is 0 Å². The summed E-state index contributed by atoms with van der Waals surface area (Å²) in [6.45, 7) is 3.51. The second-order valence-corrected chi connectivity index (χ2v) is 8.19. The molecule has 0 aliphatic heterocycles. The third-order valence-corrected chi connectivity index (χ3v) is 5.73. The van der Waals surface area contributed by atoms with Crippen LogP contribution in [0.3, 0.4) is 0 Å². The lowest BCUT2D eigenvalue weighted by Crippen LogP contribution is -2.15. The highest BCUT2D eigenvalue weighted by atomic mass is 32.2. The van der Waals surface area contributed by atoms with Crippen molar-refractivity contribution >= 4 is 27.3 Å². The van der Waals surface area contributed by atoms with Gasteiger partial charge in [0, 0.05) is 23.0 Å². The van der Waals surface area contributed by atoms with Gasteiger partial charge in [0.05, 0.1) is 4.90 Å². The van der Waals surface area contributed by atoms with Gasteiger partial charge < -0.3 is 5.32 Å². The summed E-state index contributed by atoms with van der Waals surface area (Å²) in [6.07, 6.45) is 0. The number of hydrogen-bond acceptors (Lipinski definition) is 3. The highest BCUT2D eigenvalue weighted by Crippen LogP contribution is 2.21. The summed E-state index contributed by atoms with van der Waals surface area (Å²) in [5.74, 6) is -2.62. The van der Waals surface area contributed by atoms with Gasteiger partial charge in [-0.1, -0.05) is 12.1 Å². The van der Waals surface area contributed by atoms with Crippen molar-refractivity contribution in [3.63, 3.8) is 0 Å². The van der Waals surface area contributed by atoms with Gasteiger partial charge >= 0.3 is 0 Å². The highest BCUT2D eigenvalue weighted by molar-refractivity contribution is 7.92. The molecule has 1 amide bonds. The SMILES string of the molecule is Cc1ccc(C)c(S(=O)(=O)Nc2ccc(C(=O)Nc3ccc(F)c(F)c3)cc2)c1. The monoisotopic (exact) mass is 416 g/mol. The van der Waals surface area contributed by atoms with Gasteiger partial charge in [0.2, 0.25) is 0 Å². The maximum atomic E-state index is 13.2. The van der Waals surface area contributed by atoms with E-state index in [0.29, 0.717) is 5.56 Å². The minimum Gasteiger partial charge on any atom is -0.322 e. The molecule has 0 unspecified atom stereocenters. The average Bonchev–Trinajstić information content (AvgIpc) is 2.67. The Morgan fingerprint density at radius 1 is 0.828 bits per heavy atom. The van der Waals surface area contributed by atoms with Crippen LogP contribution in [0.5, 0.6) is 0 Å². The van der Waals surface area contributed by atoms with Crippen LogP contribution in [0.15, 0.2) is 65.6 Å². The summed E-state index contributed by atoms with van der Waals surface area (Å²) in [6, 6.07) is 13.9. The predicted octanol–water partition coefficient (Wildman–Crippen LogP) is 4.63. The molecule has 0 aliphatic carbocycles. The molecule has 0 aromatic heterocycles. The topological polar surface area (TPSA) is 75.3 Å². The van der Waals surface area contributed by atoms with Crippen LogP contribution in [-0.2, 0) is 10.0 Å². The molecule has 3 aromatic rings. The summed E-state index contributed by atoms with van der Waals surface area (Å²) in [7, 11) is -3.78. The maximum absolute atomic E-state index is 13.2. The maximum Gasteiger partial charge on any atom is 0.262 e.